The number of nitrogens with zero attached hydrogens (tertiary/aromatic N) is 2. The van der Waals surface area contributed by atoms with E-state index < -0.39 is 12.1 Å². The van der Waals surface area contributed by atoms with Gasteiger partial charge in [0, 0.05) is 0 Å². The predicted molar refractivity (Wildman–Crippen MR) is 61.0 cm³/mol. The zero-order valence-electron chi connectivity index (χ0n) is 8.33. The third kappa shape index (κ3) is 0.984. The molecule has 0 spiro atoms. The molecule has 4 nitrogen and oxygen atoms in total. The molecule has 78 valence electrons. The average Bonchev–Trinajstić information content (AvgIpc) is 2.65. The third-order valence-electron chi connectivity index (χ3n) is 3.13. The van der Waals surface area contributed by atoms with Crippen molar-refractivity contribution in [3.05, 3.63) is 57.3 Å². The molecule has 4 heteroatoms. The van der Waals surface area contributed by atoms with Crippen molar-refractivity contribution in [3.63, 3.8) is 0 Å². The highest BCUT2D eigenvalue weighted by Gasteiger charge is 2.36. The molecule has 0 amide bonds. The second kappa shape index (κ2) is 3.20. The summed E-state index contributed by atoms with van der Waals surface area (Å²) in [7, 11) is 0. The average molecular weight is 212 g/mol. The molecule has 0 fully saturated rings. The van der Waals surface area contributed by atoms with Crippen molar-refractivity contribution in [1.82, 2.24) is 0 Å². The SMILES string of the molecule is O=N[C@H]1c2cccc3cccc(c23)[C@@H]1N=O. The van der Waals surface area contributed by atoms with E-state index in [1.807, 2.05) is 36.4 Å². The van der Waals surface area contributed by atoms with E-state index in [1.165, 1.54) is 0 Å². The molecule has 3 rings (SSSR count). The molecule has 0 aromatic heterocycles. The van der Waals surface area contributed by atoms with Crippen LogP contribution < -0.4 is 0 Å². The summed E-state index contributed by atoms with van der Waals surface area (Å²) in [5.41, 5.74) is 1.63. The largest absolute Gasteiger partial charge is 0.150 e. The van der Waals surface area contributed by atoms with Gasteiger partial charge in [-0.15, -0.1) is 0 Å². The van der Waals surface area contributed by atoms with Crippen LogP contribution >= 0.6 is 0 Å². The Bertz CT molecular complexity index is 546. The molecule has 0 unspecified atom stereocenters. The van der Waals surface area contributed by atoms with Gasteiger partial charge in [-0.2, -0.15) is 9.81 Å². The van der Waals surface area contributed by atoms with Crippen LogP contribution in [0.1, 0.15) is 23.2 Å². The summed E-state index contributed by atoms with van der Waals surface area (Å²) in [6.45, 7) is 0. The summed E-state index contributed by atoms with van der Waals surface area (Å²) in [6.07, 6.45) is 0. The number of nitroso groups, excluding NO2 is 2. The van der Waals surface area contributed by atoms with Gasteiger partial charge in [-0.3, -0.25) is 0 Å². The van der Waals surface area contributed by atoms with Crippen LogP contribution in [0, 0.1) is 9.81 Å². The molecule has 0 radical (unpaired) electrons. The Balaban J connectivity index is 2.42. The Morgan fingerprint density at radius 3 is 1.75 bits per heavy atom. The van der Waals surface area contributed by atoms with Gasteiger partial charge in [0.2, 0.25) is 0 Å². The van der Waals surface area contributed by atoms with Crippen LogP contribution in [0.3, 0.4) is 0 Å². The van der Waals surface area contributed by atoms with E-state index in [9.17, 15) is 9.81 Å². The van der Waals surface area contributed by atoms with Crippen LogP contribution in [0.15, 0.2) is 46.8 Å². The molecule has 1 aliphatic rings. The van der Waals surface area contributed by atoms with Gasteiger partial charge in [0.25, 0.3) is 0 Å². The highest BCUT2D eigenvalue weighted by Crippen LogP contribution is 2.47. The zero-order chi connectivity index (χ0) is 11.1. The molecule has 2 atom stereocenters. The fraction of sp³-hybridized carbons (Fsp3) is 0.167. The predicted octanol–water partition coefficient (Wildman–Crippen LogP) is 3.47. The Kier molecular flexibility index (Phi) is 1.83. The molecule has 1 aliphatic carbocycles. The normalized spacial score (nSPS) is 22.2. The first-order valence-corrected chi connectivity index (χ1v) is 5.03. The molecule has 16 heavy (non-hydrogen) atoms. The minimum atomic E-state index is -0.668. The molecule has 0 aliphatic heterocycles. The van der Waals surface area contributed by atoms with Gasteiger partial charge in [-0.1, -0.05) is 46.8 Å². The fourth-order valence-corrected chi connectivity index (χ4v) is 2.46. The lowest BCUT2D eigenvalue weighted by molar-refractivity contribution is 0.599. The lowest BCUT2D eigenvalue weighted by Crippen LogP contribution is -1.98. The molecule has 0 saturated carbocycles. The van der Waals surface area contributed by atoms with E-state index >= 15 is 0 Å². The van der Waals surface area contributed by atoms with Crippen molar-refractivity contribution >= 4 is 10.8 Å². The van der Waals surface area contributed by atoms with Crippen LogP contribution in [0.2, 0.25) is 0 Å². The number of hydrogen-bond donors (Lipinski definition) is 0. The van der Waals surface area contributed by atoms with Crippen molar-refractivity contribution in [2.24, 2.45) is 10.4 Å². The van der Waals surface area contributed by atoms with Crippen molar-refractivity contribution in [2.45, 2.75) is 12.1 Å². The van der Waals surface area contributed by atoms with E-state index in [2.05, 4.69) is 10.4 Å². The second-order valence-corrected chi connectivity index (χ2v) is 3.89. The Labute approximate surface area is 91.2 Å². The van der Waals surface area contributed by atoms with Crippen LogP contribution in [-0.4, -0.2) is 0 Å². The lowest BCUT2D eigenvalue weighted by Gasteiger charge is -2.05. The third-order valence-corrected chi connectivity index (χ3v) is 3.13. The van der Waals surface area contributed by atoms with Crippen molar-refractivity contribution in [3.8, 4) is 0 Å². The van der Waals surface area contributed by atoms with Gasteiger partial charge in [-0.05, 0) is 21.9 Å². The monoisotopic (exact) mass is 212 g/mol. The molecule has 0 heterocycles. The molecule has 0 bridgehead atoms. The molecule has 0 saturated heterocycles. The van der Waals surface area contributed by atoms with Gasteiger partial charge in [0.05, 0.1) is 0 Å². The lowest BCUT2D eigenvalue weighted by atomic mass is 10.0. The topological polar surface area (TPSA) is 58.9 Å². The molecule has 0 N–H and O–H groups in total. The summed E-state index contributed by atoms with van der Waals surface area (Å²) < 4.78 is 0. The van der Waals surface area contributed by atoms with Crippen LogP contribution in [0.4, 0.5) is 0 Å². The van der Waals surface area contributed by atoms with E-state index in [0.717, 1.165) is 21.9 Å². The second-order valence-electron chi connectivity index (χ2n) is 3.89. The van der Waals surface area contributed by atoms with E-state index in [1.54, 1.807) is 0 Å². The zero-order valence-corrected chi connectivity index (χ0v) is 8.33. The molecular weight excluding hydrogens is 204 g/mol. The van der Waals surface area contributed by atoms with Crippen LogP contribution in [0.5, 0.6) is 0 Å². The fourth-order valence-electron chi connectivity index (χ4n) is 2.46. The molecule has 2 aromatic carbocycles. The van der Waals surface area contributed by atoms with Crippen molar-refractivity contribution < 1.29 is 0 Å². The first kappa shape index (κ1) is 9.15. The smallest absolute Gasteiger partial charge is 0.147 e. The highest BCUT2D eigenvalue weighted by atomic mass is 16.3. The highest BCUT2D eigenvalue weighted by molar-refractivity contribution is 5.92. The minimum absolute atomic E-state index is 0.668. The van der Waals surface area contributed by atoms with Crippen LogP contribution in [-0.2, 0) is 0 Å². The Morgan fingerprint density at radius 2 is 1.31 bits per heavy atom. The summed E-state index contributed by atoms with van der Waals surface area (Å²) in [4.78, 5) is 21.7. The summed E-state index contributed by atoms with van der Waals surface area (Å²) in [5, 5.41) is 8.05. The number of rotatable bonds is 2. The van der Waals surface area contributed by atoms with Gasteiger partial charge in [0.1, 0.15) is 12.1 Å². The molecular formula is C12H8N2O2. The maximum absolute atomic E-state index is 10.8. The molecule has 2 aromatic rings. The van der Waals surface area contributed by atoms with E-state index in [-0.39, 0.29) is 0 Å². The maximum Gasteiger partial charge on any atom is 0.147 e. The van der Waals surface area contributed by atoms with E-state index in [4.69, 9.17) is 0 Å². The number of hydrogen-bond acceptors (Lipinski definition) is 4. The number of benzene rings is 2. The van der Waals surface area contributed by atoms with Gasteiger partial charge in [0.15, 0.2) is 0 Å². The quantitative estimate of drug-likeness (QED) is 0.715. The first-order valence-electron chi connectivity index (χ1n) is 5.03. The minimum Gasteiger partial charge on any atom is -0.150 e. The Morgan fingerprint density at radius 1 is 0.812 bits per heavy atom. The van der Waals surface area contributed by atoms with Gasteiger partial charge in [-0.25, -0.2) is 0 Å². The summed E-state index contributed by atoms with van der Waals surface area (Å²) in [6, 6.07) is 9.98. The standard InChI is InChI=1S/C12H8N2O2/c15-13-11-8-5-1-3-7-4-2-6-9(10(7)8)12(11)14-16/h1-6,11-12H/t11-,12-/m0/s1. The first-order chi connectivity index (χ1) is 7.86. The van der Waals surface area contributed by atoms with Crippen molar-refractivity contribution in [1.29, 1.82) is 0 Å². The van der Waals surface area contributed by atoms with Gasteiger partial charge >= 0.3 is 0 Å². The summed E-state index contributed by atoms with van der Waals surface area (Å²) >= 11 is 0. The summed E-state index contributed by atoms with van der Waals surface area (Å²) in [5.74, 6) is 0. The maximum atomic E-state index is 10.8. The Hall–Kier alpha value is -2.10. The van der Waals surface area contributed by atoms with E-state index in [0.29, 0.717) is 0 Å². The van der Waals surface area contributed by atoms with Crippen molar-refractivity contribution in [2.75, 3.05) is 0 Å². The van der Waals surface area contributed by atoms with Gasteiger partial charge < -0.3 is 0 Å². The van der Waals surface area contributed by atoms with Crippen LogP contribution in [0.25, 0.3) is 10.8 Å².